The molecule has 3 N–H and O–H groups in total. The first-order chi connectivity index (χ1) is 15.3. The maximum absolute atomic E-state index is 13.0. The molecule has 0 spiro atoms. The SMILES string of the molecule is CC(C)CNC(=O)c1c(N)n(/N=C/c2ccc(C(C)C)cc2)c2nc3ccccc3nc12. The Morgan fingerprint density at radius 1 is 1.06 bits per heavy atom. The van der Waals surface area contributed by atoms with Crippen LogP contribution in [-0.4, -0.2) is 33.3 Å². The van der Waals surface area contributed by atoms with Gasteiger partial charge in [-0.25, -0.2) is 9.97 Å². The van der Waals surface area contributed by atoms with Gasteiger partial charge in [-0.1, -0.05) is 64.1 Å². The van der Waals surface area contributed by atoms with Gasteiger partial charge in [0.2, 0.25) is 0 Å². The van der Waals surface area contributed by atoms with Crippen molar-refractivity contribution in [3.05, 3.63) is 65.2 Å². The number of benzene rings is 2. The Balaban J connectivity index is 1.82. The first kappa shape index (κ1) is 21.5. The highest BCUT2D eigenvalue weighted by molar-refractivity contribution is 6.10. The molecule has 4 aromatic rings. The summed E-state index contributed by atoms with van der Waals surface area (Å²) in [6, 6.07) is 15.7. The van der Waals surface area contributed by atoms with Crippen LogP contribution in [0.4, 0.5) is 5.82 Å². The number of nitrogens with zero attached hydrogens (tertiary/aromatic N) is 4. The topological polar surface area (TPSA) is 98.2 Å². The van der Waals surface area contributed by atoms with Gasteiger partial charge in [-0.15, -0.1) is 0 Å². The molecule has 2 aromatic carbocycles. The van der Waals surface area contributed by atoms with Gasteiger partial charge >= 0.3 is 0 Å². The lowest BCUT2D eigenvalue weighted by atomic mass is 10.0. The number of nitrogen functional groups attached to an aromatic ring is 1. The van der Waals surface area contributed by atoms with Crippen molar-refractivity contribution in [1.82, 2.24) is 20.0 Å². The van der Waals surface area contributed by atoms with Gasteiger partial charge < -0.3 is 11.1 Å². The Labute approximate surface area is 187 Å². The molecule has 0 bridgehead atoms. The summed E-state index contributed by atoms with van der Waals surface area (Å²) in [6.07, 6.45) is 1.71. The number of rotatable bonds is 6. The third-order valence-electron chi connectivity index (χ3n) is 5.30. The summed E-state index contributed by atoms with van der Waals surface area (Å²) in [7, 11) is 0. The van der Waals surface area contributed by atoms with E-state index in [1.807, 2.05) is 50.2 Å². The number of carbonyl (C=O) groups excluding carboxylic acids is 1. The van der Waals surface area contributed by atoms with Crippen molar-refractivity contribution in [2.45, 2.75) is 33.6 Å². The Bertz CT molecular complexity index is 1300. The van der Waals surface area contributed by atoms with Crippen molar-refractivity contribution in [2.75, 3.05) is 12.3 Å². The van der Waals surface area contributed by atoms with Crippen LogP contribution in [0.1, 0.15) is 55.1 Å². The minimum absolute atomic E-state index is 0.214. The van der Waals surface area contributed by atoms with E-state index in [2.05, 4.69) is 36.4 Å². The van der Waals surface area contributed by atoms with Crippen LogP contribution in [0.15, 0.2) is 53.6 Å². The van der Waals surface area contributed by atoms with Gasteiger partial charge in [0.25, 0.3) is 5.91 Å². The average Bonchev–Trinajstić information content (AvgIpc) is 3.04. The maximum atomic E-state index is 13.0. The second-order valence-corrected chi connectivity index (χ2v) is 8.63. The fourth-order valence-corrected chi connectivity index (χ4v) is 3.46. The minimum Gasteiger partial charge on any atom is -0.383 e. The first-order valence-corrected chi connectivity index (χ1v) is 10.8. The van der Waals surface area contributed by atoms with Crippen molar-refractivity contribution in [3.8, 4) is 0 Å². The number of nitrogens with two attached hydrogens (primary N) is 1. The molecule has 0 aliphatic rings. The molecule has 0 atom stereocenters. The zero-order valence-corrected chi connectivity index (χ0v) is 18.8. The van der Waals surface area contributed by atoms with Gasteiger partial charge in [-0.2, -0.15) is 9.78 Å². The first-order valence-electron chi connectivity index (χ1n) is 10.8. The number of carbonyl (C=O) groups is 1. The molecule has 164 valence electrons. The molecule has 4 rings (SSSR count). The van der Waals surface area contributed by atoms with Crippen LogP contribution >= 0.6 is 0 Å². The third kappa shape index (κ3) is 4.19. The summed E-state index contributed by atoms with van der Waals surface area (Å²) in [5.74, 6) is 0.709. The van der Waals surface area contributed by atoms with Gasteiger partial charge in [0.15, 0.2) is 5.65 Å². The second-order valence-electron chi connectivity index (χ2n) is 8.63. The van der Waals surface area contributed by atoms with Gasteiger partial charge in [0, 0.05) is 6.54 Å². The Morgan fingerprint density at radius 3 is 2.34 bits per heavy atom. The smallest absolute Gasteiger partial charge is 0.257 e. The van der Waals surface area contributed by atoms with Gasteiger partial charge in [0.05, 0.1) is 17.2 Å². The van der Waals surface area contributed by atoms with E-state index in [-0.39, 0.29) is 11.7 Å². The van der Waals surface area contributed by atoms with E-state index in [0.29, 0.717) is 46.1 Å². The molecule has 0 radical (unpaired) electrons. The lowest BCUT2D eigenvalue weighted by Crippen LogP contribution is -2.28. The number of hydrogen-bond donors (Lipinski definition) is 2. The molecule has 1 amide bonds. The van der Waals surface area contributed by atoms with E-state index in [0.717, 1.165) is 5.56 Å². The molecule has 0 fully saturated rings. The van der Waals surface area contributed by atoms with E-state index in [1.54, 1.807) is 6.21 Å². The summed E-state index contributed by atoms with van der Waals surface area (Å²) < 4.78 is 1.50. The zero-order valence-electron chi connectivity index (χ0n) is 18.8. The maximum Gasteiger partial charge on any atom is 0.257 e. The monoisotopic (exact) mass is 428 g/mol. The summed E-state index contributed by atoms with van der Waals surface area (Å²) >= 11 is 0. The molecular weight excluding hydrogens is 400 g/mol. The van der Waals surface area contributed by atoms with Crippen LogP contribution in [0.25, 0.3) is 22.2 Å². The van der Waals surface area contributed by atoms with Crippen LogP contribution in [0, 0.1) is 5.92 Å². The molecule has 7 heteroatoms. The average molecular weight is 429 g/mol. The van der Waals surface area contributed by atoms with Crippen LogP contribution in [0.5, 0.6) is 0 Å². The lowest BCUT2D eigenvalue weighted by Gasteiger charge is -2.07. The highest BCUT2D eigenvalue weighted by atomic mass is 16.1. The number of para-hydroxylation sites is 2. The molecule has 0 saturated heterocycles. The largest absolute Gasteiger partial charge is 0.383 e. The predicted molar refractivity (Wildman–Crippen MR) is 130 cm³/mol. The summed E-state index contributed by atoms with van der Waals surface area (Å²) in [4.78, 5) is 22.4. The van der Waals surface area contributed by atoms with Crippen LogP contribution in [-0.2, 0) is 0 Å². The van der Waals surface area contributed by atoms with Crippen molar-refractivity contribution in [1.29, 1.82) is 0 Å². The van der Waals surface area contributed by atoms with Gasteiger partial charge in [-0.05, 0) is 35.1 Å². The normalized spacial score (nSPS) is 11.9. The van der Waals surface area contributed by atoms with E-state index in [1.165, 1.54) is 10.2 Å². The van der Waals surface area contributed by atoms with Crippen LogP contribution in [0.2, 0.25) is 0 Å². The summed E-state index contributed by atoms with van der Waals surface area (Å²) in [5.41, 5.74) is 11.2. The molecule has 0 aliphatic heterocycles. The fourth-order valence-electron chi connectivity index (χ4n) is 3.46. The van der Waals surface area contributed by atoms with Crippen molar-refractivity contribution >= 4 is 40.1 Å². The lowest BCUT2D eigenvalue weighted by molar-refractivity contribution is 0.0951. The van der Waals surface area contributed by atoms with Crippen LogP contribution < -0.4 is 11.1 Å². The highest BCUT2D eigenvalue weighted by Crippen LogP contribution is 2.28. The molecule has 2 aromatic heterocycles. The molecular formula is C25H28N6O. The van der Waals surface area contributed by atoms with E-state index < -0.39 is 0 Å². The molecule has 32 heavy (non-hydrogen) atoms. The number of fused-ring (bicyclic) bond motifs is 2. The van der Waals surface area contributed by atoms with E-state index >= 15 is 0 Å². The van der Waals surface area contributed by atoms with Gasteiger partial charge in [-0.3, -0.25) is 4.79 Å². The number of anilines is 1. The third-order valence-corrected chi connectivity index (χ3v) is 5.30. The Hall–Kier alpha value is -3.74. The van der Waals surface area contributed by atoms with Gasteiger partial charge in [0.1, 0.15) is 16.9 Å². The minimum atomic E-state index is -0.277. The molecule has 7 nitrogen and oxygen atoms in total. The molecule has 2 heterocycles. The number of hydrogen-bond acceptors (Lipinski definition) is 5. The standard InChI is InChI=1S/C25H28N6O/c1-15(2)13-27-25(32)21-22-24(30-20-8-6-5-7-19(20)29-22)31(23(21)26)28-14-17-9-11-18(12-10-17)16(3)4/h5-12,14-16H,13,26H2,1-4H3,(H,27,32)/b28-14+. The Kier molecular flexibility index (Phi) is 5.90. The number of aromatic nitrogens is 3. The quantitative estimate of drug-likeness (QED) is 0.440. The van der Waals surface area contributed by atoms with Crippen LogP contribution in [0.3, 0.4) is 0 Å². The van der Waals surface area contributed by atoms with E-state index in [4.69, 9.17) is 15.7 Å². The van der Waals surface area contributed by atoms with Crippen molar-refractivity contribution < 1.29 is 4.79 Å². The predicted octanol–water partition coefficient (Wildman–Crippen LogP) is 4.56. The fraction of sp³-hybridized carbons (Fsp3) is 0.280. The molecule has 0 unspecified atom stereocenters. The molecule has 0 saturated carbocycles. The second kappa shape index (κ2) is 8.78. The van der Waals surface area contributed by atoms with E-state index in [9.17, 15) is 4.79 Å². The van der Waals surface area contributed by atoms with Crippen molar-refractivity contribution in [3.63, 3.8) is 0 Å². The summed E-state index contributed by atoms with van der Waals surface area (Å²) in [6.45, 7) is 8.93. The molecule has 0 aliphatic carbocycles. The summed E-state index contributed by atoms with van der Waals surface area (Å²) in [5, 5.41) is 7.50. The zero-order chi connectivity index (χ0) is 22.8. The van der Waals surface area contributed by atoms with Crippen molar-refractivity contribution in [2.24, 2.45) is 11.0 Å². The number of amides is 1. The number of nitrogens with one attached hydrogen (secondary N) is 1. The Morgan fingerprint density at radius 2 is 1.72 bits per heavy atom. The highest BCUT2D eigenvalue weighted by Gasteiger charge is 2.24.